The topological polar surface area (TPSA) is 20.2 Å². The van der Waals surface area contributed by atoms with Gasteiger partial charge < -0.3 is 5.11 Å². The third-order valence-corrected chi connectivity index (χ3v) is 6.84. The Balaban J connectivity index is 1.78. The summed E-state index contributed by atoms with van der Waals surface area (Å²) in [5.41, 5.74) is 1.33. The molecule has 1 aliphatic heterocycles. The van der Waals surface area contributed by atoms with Crippen molar-refractivity contribution in [1.82, 2.24) is 0 Å². The van der Waals surface area contributed by atoms with E-state index in [1.165, 1.54) is 23.5 Å². The highest BCUT2D eigenvalue weighted by Crippen LogP contribution is 2.37. The minimum absolute atomic E-state index is 0.173. The van der Waals surface area contributed by atoms with Crippen LogP contribution in [0.15, 0.2) is 30.3 Å². The highest BCUT2D eigenvalue weighted by Gasteiger charge is 2.26. The minimum atomic E-state index is -0.173. The van der Waals surface area contributed by atoms with Crippen molar-refractivity contribution in [3.8, 4) is 0 Å². The van der Waals surface area contributed by atoms with Crippen molar-refractivity contribution in [2.45, 2.75) is 36.9 Å². The number of hydrogen-bond donors (Lipinski definition) is 1. The van der Waals surface area contributed by atoms with Gasteiger partial charge in [-0.25, -0.2) is 0 Å². The Hall–Kier alpha value is -0.120. The molecule has 1 fully saturated rings. The average molecular weight is 282 g/mol. The number of benzene rings is 1. The molecule has 1 heterocycles. The van der Waals surface area contributed by atoms with Crippen LogP contribution in [0.4, 0.5) is 0 Å². The Morgan fingerprint density at radius 3 is 2.56 bits per heavy atom. The van der Waals surface area contributed by atoms with Crippen molar-refractivity contribution in [3.05, 3.63) is 35.9 Å². The van der Waals surface area contributed by atoms with Gasteiger partial charge in [0.2, 0.25) is 0 Å². The van der Waals surface area contributed by atoms with Crippen LogP contribution in [-0.4, -0.2) is 27.3 Å². The second kappa shape index (κ2) is 7.46. The lowest BCUT2D eigenvalue weighted by molar-refractivity contribution is 0.115. The van der Waals surface area contributed by atoms with E-state index in [-0.39, 0.29) is 6.10 Å². The van der Waals surface area contributed by atoms with Crippen molar-refractivity contribution >= 4 is 23.5 Å². The second-order valence-corrected chi connectivity index (χ2v) is 7.71. The Kier molecular flexibility index (Phi) is 5.93. The standard InChI is InChI=1S/C15H22OS2/c1-12(15-17-10-5-11-18-15)14(16)9-8-13-6-3-2-4-7-13/h2-4,6-7,12,14-16H,5,8-11H2,1H3/t12-,14-/m0/s1. The molecule has 0 bridgehead atoms. The highest BCUT2D eigenvalue weighted by atomic mass is 32.2. The summed E-state index contributed by atoms with van der Waals surface area (Å²) in [4.78, 5) is 0. The molecule has 0 saturated carbocycles. The average Bonchev–Trinajstić information content (AvgIpc) is 2.46. The fourth-order valence-electron chi connectivity index (χ4n) is 2.21. The van der Waals surface area contributed by atoms with Gasteiger partial charge in [0.05, 0.1) is 10.7 Å². The van der Waals surface area contributed by atoms with Crippen LogP contribution in [0.5, 0.6) is 0 Å². The van der Waals surface area contributed by atoms with E-state index in [1.54, 1.807) is 0 Å². The SMILES string of the molecule is C[C@H](C1SCCCS1)[C@@H](O)CCc1ccccc1. The lowest BCUT2D eigenvalue weighted by Crippen LogP contribution is -2.28. The fraction of sp³-hybridized carbons (Fsp3) is 0.600. The zero-order chi connectivity index (χ0) is 12.8. The van der Waals surface area contributed by atoms with E-state index in [1.807, 2.05) is 29.6 Å². The lowest BCUT2D eigenvalue weighted by atomic mass is 9.99. The van der Waals surface area contributed by atoms with E-state index in [4.69, 9.17) is 0 Å². The van der Waals surface area contributed by atoms with Crippen LogP contribution in [0.2, 0.25) is 0 Å². The van der Waals surface area contributed by atoms with Crippen molar-refractivity contribution < 1.29 is 5.11 Å². The van der Waals surface area contributed by atoms with E-state index in [2.05, 4.69) is 31.2 Å². The number of aryl methyl sites for hydroxylation is 1. The molecule has 0 unspecified atom stereocenters. The summed E-state index contributed by atoms with van der Waals surface area (Å²) in [6.45, 7) is 2.20. The fourth-order valence-corrected chi connectivity index (χ4v) is 5.41. The molecular weight excluding hydrogens is 260 g/mol. The zero-order valence-electron chi connectivity index (χ0n) is 10.9. The predicted octanol–water partition coefficient (Wildman–Crippen LogP) is 3.81. The number of rotatable bonds is 5. The molecule has 0 aromatic heterocycles. The van der Waals surface area contributed by atoms with Crippen molar-refractivity contribution in [1.29, 1.82) is 0 Å². The minimum Gasteiger partial charge on any atom is -0.393 e. The Labute approximate surface area is 119 Å². The highest BCUT2D eigenvalue weighted by molar-refractivity contribution is 8.17. The molecule has 1 aliphatic rings. The normalized spacial score (nSPS) is 20.6. The molecule has 1 saturated heterocycles. The maximum atomic E-state index is 10.3. The monoisotopic (exact) mass is 282 g/mol. The van der Waals surface area contributed by atoms with Crippen LogP contribution >= 0.6 is 23.5 Å². The van der Waals surface area contributed by atoms with Gasteiger partial charge in [0.1, 0.15) is 0 Å². The molecular formula is C15H22OS2. The Morgan fingerprint density at radius 2 is 1.89 bits per heavy atom. The van der Waals surface area contributed by atoms with Crippen molar-refractivity contribution in [3.63, 3.8) is 0 Å². The van der Waals surface area contributed by atoms with Crippen LogP contribution in [0.3, 0.4) is 0 Å². The summed E-state index contributed by atoms with van der Waals surface area (Å²) in [7, 11) is 0. The Bertz CT molecular complexity index is 336. The van der Waals surface area contributed by atoms with Crippen molar-refractivity contribution in [2.24, 2.45) is 5.92 Å². The van der Waals surface area contributed by atoms with Gasteiger partial charge in [0.15, 0.2) is 0 Å². The molecule has 0 radical (unpaired) electrons. The summed E-state index contributed by atoms with van der Waals surface area (Å²) in [5.74, 6) is 2.91. The van der Waals surface area contributed by atoms with Crippen LogP contribution in [0.1, 0.15) is 25.3 Å². The molecule has 3 heteroatoms. The number of aliphatic hydroxyl groups excluding tert-OH is 1. The van der Waals surface area contributed by atoms with Gasteiger partial charge in [0.25, 0.3) is 0 Å². The van der Waals surface area contributed by atoms with E-state index in [0.29, 0.717) is 10.5 Å². The Morgan fingerprint density at radius 1 is 1.22 bits per heavy atom. The quantitative estimate of drug-likeness (QED) is 0.887. The van der Waals surface area contributed by atoms with Crippen LogP contribution in [0.25, 0.3) is 0 Å². The predicted molar refractivity (Wildman–Crippen MR) is 83.3 cm³/mol. The summed E-state index contributed by atoms with van der Waals surface area (Å²) in [5, 5.41) is 10.3. The maximum Gasteiger partial charge on any atom is 0.0587 e. The van der Waals surface area contributed by atoms with Crippen LogP contribution in [-0.2, 0) is 6.42 Å². The van der Waals surface area contributed by atoms with E-state index < -0.39 is 0 Å². The molecule has 1 aromatic rings. The van der Waals surface area contributed by atoms with Gasteiger partial charge in [-0.05, 0) is 36.3 Å². The van der Waals surface area contributed by atoms with E-state index in [0.717, 1.165) is 12.8 Å². The first kappa shape index (κ1) is 14.3. The summed E-state index contributed by atoms with van der Waals surface area (Å²) in [6.07, 6.45) is 3.00. The number of aliphatic hydroxyl groups is 1. The van der Waals surface area contributed by atoms with Gasteiger partial charge in [-0.1, -0.05) is 37.3 Å². The largest absolute Gasteiger partial charge is 0.393 e. The molecule has 2 atom stereocenters. The van der Waals surface area contributed by atoms with Crippen LogP contribution in [0, 0.1) is 5.92 Å². The maximum absolute atomic E-state index is 10.3. The molecule has 1 aromatic carbocycles. The summed E-state index contributed by atoms with van der Waals surface area (Å²) >= 11 is 4.05. The molecule has 0 spiro atoms. The van der Waals surface area contributed by atoms with E-state index >= 15 is 0 Å². The smallest absolute Gasteiger partial charge is 0.0587 e. The first-order valence-electron chi connectivity index (χ1n) is 6.72. The summed E-state index contributed by atoms with van der Waals surface area (Å²) < 4.78 is 0.588. The zero-order valence-corrected chi connectivity index (χ0v) is 12.6. The number of thioether (sulfide) groups is 2. The first-order valence-corrected chi connectivity index (χ1v) is 8.82. The van der Waals surface area contributed by atoms with Crippen LogP contribution < -0.4 is 0 Å². The molecule has 18 heavy (non-hydrogen) atoms. The molecule has 1 N–H and O–H groups in total. The van der Waals surface area contributed by atoms with Gasteiger partial charge in [0, 0.05) is 5.92 Å². The molecule has 100 valence electrons. The number of hydrogen-bond acceptors (Lipinski definition) is 3. The molecule has 1 nitrogen and oxygen atoms in total. The summed E-state index contributed by atoms with van der Waals surface area (Å²) in [6, 6.07) is 10.5. The van der Waals surface area contributed by atoms with Gasteiger partial charge in [-0.2, -0.15) is 0 Å². The van der Waals surface area contributed by atoms with Crippen molar-refractivity contribution in [2.75, 3.05) is 11.5 Å². The van der Waals surface area contributed by atoms with Gasteiger partial charge >= 0.3 is 0 Å². The first-order chi connectivity index (χ1) is 8.77. The van der Waals surface area contributed by atoms with Gasteiger partial charge in [-0.15, -0.1) is 23.5 Å². The third-order valence-electron chi connectivity index (χ3n) is 3.46. The van der Waals surface area contributed by atoms with Gasteiger partial charge in [-0.3, -0.25) is 0 Å². The lowest BCUT2D eigenvalue weighted by Gasteiger charge is -2.30. The molecule has 0 aliphatic carbocycles. The third kappa shape index (κ3) is 4.22. The molecule has 0 amide bonds. The van der Waals surface area contributed by atoms with E-state index in [9.17, 15) is 5.11 Å². The molecule has 2 rings (SSSR count). The second-order valence-electron chi connectivity index (χ2n) is 4.91.